The summed E-state index contributed by atoms with van der Waals surface area (Å²) in [6.07, 6.45) is 2.74. The highest BCUT2D eigenvalue weighted by molar-refractivity contribution is 7.99. The normalized spacial score (nSPS) is 11.2. The molecule has 1 heterocycles. The van der Waals surface area contributed by atoms with Gasteiger partial charge in [-0.05, 0) is 37.3 Å². The Bertz CT molecular complexity index is 1330. The van der Waals surface area contributed by atoms with Crippen LogP contribution in [0.15, 0.2) is 92.7 Å². The molecule has 30 heavy (non-hydrogen) atoms. The SMILES string of the molecule is Cc1ccc(Sc2ccc(C=Nn3cnc4ccccc4c3=O)cc2[N+](=O)[O-])cc1. The molecule has 7 nitrogen and oxygen atoms in total. The smallest absolute Gasteiger partial charge is 0.267 e. The van der Waals surface area contributed by atoms with E-state index in [9.17, 15) is 14.9 Å². The number of aryl methyl sites for hydroxylation is 1. The number of fused-ring (bicyclic) bond motifs is 1. The predicted octanol–water partition coefficient (Wildman–Crippen LogP) is 4.65. The molecule has 0 atom stereocenters. The highest BCUT2D eigenvalue weighted by Crippen LogP contribution is 2.35. The Morgan fingerprint density at radius 3 is 2.63 bits per heavy atom. The fourth-order valence-corrected chi connectivity index (χ4v) is 3.75. The predicted molar refractivity (Wildman–Crippen MR) is 117 cm³/mol. The minimum absolute atomic E-state index is 0.0199. The minimum Gasteiger partial charge on any atom is -0.267 e. The van der Waals surface area contributed by atoms with Crippen molar-refractivity contribution in [2.75, 3.05) is 0 Å². The van der Waals surface area contributed by atoms with Gasteiger partial charge in [-0.15, -0.1) is 0 Å². The van der Waals surface area contributed by atoms with Crippen LogP contribution in [0.3, 0.4) is 0 Å². The Hall–Kier alpha value is -3.78. The number of nitro groups is 1. The quantitative estimate of drug-likeness (QED) is 0.268. The van der Waals surface area contributed by atoms with E-state index in [1.807, 2.05) is 31.2 Å². The number of hydrogen-bond acceptors (Lipinski definition) is 6. The second kappa shape index (κ2) is 8.30. The summed E-state index contributed by atoms with van der Waals surface area (Å²) in [6.45, 7) is 1.99. The van der Waals surface area contributed by atoms with E-state index in [0.29, 0.717) is 21.4 Å². The van der Waals surface area contributed by atoms with Crippen LogP contribution < -0.4 is 5.56 Å². The summed E-state index contributed by atoms with van der Waals surface area (Å²) >= 11 is 1.33. The lowest BCUT2D eigenvalue weighted by Crippen LogP contribution is -2.16. The van der Waals surface area contributed by atoms with Gasteiger partial charge in [0.05, 0.1) is 26.9 Å². The summed E-state index contributed by atoms with van der Waals surface area (Å²) in [4.78, 5) is 29.3. The van der Waals surface area contributed by atoms with Crippen molar-refractivity contribution in [3.8, 4) is 0 Å². The molecule has 0 radical (unpaired) electrons. The van der Waals surface area contributed by atoms with Crippen molar-refractivity contribution in [1.29, 1.82) is 0 Å². The zero-order valence-electron chi connectivity index (χ0n) is 15.9. The molecule has 3 aromatic carbocycles. The molecule has 0 saturated heterocycles. The van der Waals surface area contributed by atoms with Crippen LogP contribution in [0, 0.1) is 17.0 Å². The summed E-state index contributed by atoms with van der Waals surface area (Å²) in [5.41, 5.74) is 1.89. The zero-order chi connectivity index (χ0) is 21.1. The molecule has 0 N–H and O–H groups in total. The number of para-hydroxylation sites is 1. The van der Waals surface area contributed by atoms with Crippen molar-refractivity contribution in [1.82, 2.24) is 9.66 Å². The number of nitro benzene ring substituents is 1. The van der Waals surface area contributed by atoms with E-state index >= 15 is 0 Å². The van der Waals surface area contributed by atoms with Gasteiger partial charge in [0, 0.05) is 16.5 Å². The van der Waals surface area contributed by atoms with Gasteiger partial charge in [-0.25, -0.2) is 4.98 Å². The Morgan fingerprint density at radius 2 is 1.87 bits per heavy atom. The van der Waals surface area contributed by atoms with Crippen molar-refractivity contribution in [2.24, 2.45) is 5.10 Å². The molecule has 0 spiro atoms. The second-order valence-electron chi connectivity index (χ2n) is 6.56. The average molecular weight is 416 g/mol. The van der Waals surface area contributed by atoms with Crippen LogP contribution in [0.2, 0.25) is 0 Å². The molecule has 0 fully saturated rings. The van der Waals surface area contributed by atoms with Gasteiger partial charge in [-0.2, -0.15) is 9.78 Å². The summed E-state index contributed by atoms with van der Waals surface area (Å²) in [5.74, 6) is 0. The number of aromatic nitrogens is 2. The molecule has 4 aromatic rings. The Balaban J connectivity index is 1.64. The van der Waals surface area contributed by atoms with E-state index in [1.54, 1.807) is 36.4 Å². The summed E-state index contributed by atoms with van der Waals surface area (Å²) in [5, 5.41) is 16.2. The van der Waals surface area contributed by atoms with Gasteiger partial charge in [0.15, 0.2) is 0 Å². The Morgan fingerprint density at radius 1 is 1.10 bits per heavy atom. The topological polar surface area (TPSA) is 90.4 Å². The van der Waals surface area contributed by atoms with Crippen LogP contribution in [-0.2, 0) is 0 Å². The molecule has 0 saturated carbocycles. The summed E-state index contributed by atoms with van der Waals surface area (Å²) in [7, 11) is 0. The largest absolute Gasteiger partial charge is 0.283 e. The molecule has 0 aliphatic heterocycles. The van der Waals surface area contributed by atoms with E-state index in [2.05, 4.69) is 10.1 Å². The average Bonchev–Trinajstić information content (AvgIpc) is 2.75. The van der Waals surface area contributed by atoms with Crippen molar-refractivity contribution in [3.05, 3.63) is 105 Å². The molecule has 4 rings (SSSR count). The molecule has 148 valence electrons. The third-order valence-electron chi connectivity index (χ3n) is 4.41. The van der Waals surface area contributed by atoms with Crippen LogP contribution in [-0.4, -0.2) is 20.8 Å². The Kier molecular flexibility index (Phi) is 5.40. The van der Waals surface area contributed by atoms with Crippen LogP contribution in [0.4, 0.5) is 5.69 Å². The van der Waals surface area contributed by atoms with Crippen molar-refractivity contribution < 1.29 is 4.92 Å². The van der Waals surface area contributed by atoms with E-state index in [4.69, 9.17) is 0 Å². The molecule has 0 aliphatic rings. The van der Waals surface area contributed by atoms with Gasteiger partial charge in [-0.1, -0.05) is 47.7 Å². The lowest BCUT2D eigenvalue weighted by molar-refractivity contribution is -0.387. The minimum atomic E-state index is -0.419. The molecule has 0 amide bonds. The van der Waals surface area contributed by atoms with Crippen LogP contribution >= 0.6 is 11.8 Å². The molecular formula is C22H16N4O3S. The number of rotatable bonds is 5. The molecule has 0 bridgehead atoms. The highest BCUT2D eigenvalue weighted by atomic mass is 32.2. The van der Waals surface area contributed by atoms with Gasteiger partial charge >= 0.3 is 0 Å². The fraction of sp³-hybridized carbons (Fsp3) is 0.0455. The van der Waals surface area contributed by atoms with E-state index in [-0.39, 0.29) is 11.2 Å². The lowest BCUT2D eigenvalue weighted by Gasteiger charge is -2.05. The molecule has 0 aliphatic carbocycles. The molecule has 1 aromatic heterocycles. The Labute approximate surface area is 175 Å². The standard InChI is InChI=1S/C22H16N4O3S/c1-15-6-9-17(10-7-15)30-21-11-8-16(12-20(21)26(28)29)13-24-25-14-23-19-5-3-2-4-18(19)22(25)27/h2-14H,1H3. The second-order valence-corrected chi connectivity index (χ2v) is 7.67. The number of hydrogen-bond donors (Lipinski definition) is 0. The third-order valence-corrected chi connectivity index (χ3v) is 5.48. The summed E-state index contributed by atoms with van der Waals surface area (Å²) < 4.78 is 1.11. The molecular weight excluding hydrogens is 400 g/mol. The van der Waals surface area contributed by atoms with Gasteiger partial charge in [-0.3, -0.25) is 14.9 Å². The zero-order valence-corrected chi connectivity index (χ0v) is 16.7. The maximum atomic E-state index is 12.5. The third kappa shape index (κ3) is 4.13. The molecule has 8 heteroatoms. The fourth-order valence-electron chi connectivity index (χ4n) is 2.85. The van der Waals surface area contributed by atoms with Gasteiger partial charge in [0.2, 0.25) is 0 Å². The van der Waals surface area contributed by atoms with Gasteiger partial charge < -0.3 is 0 Å². The number of nitrogens with zero attached hydrogens (tertiary/aromatic N) is 4. The summed E-state index contributed by atoms with van der Waals surface area (Å²) in [6, 6.07) is 19.6. The first kappa shape index (κ1) is 19.5. The first-order chi connectivity index (χ1) is 14.5. The van der Waals surface area contributed by atoms with E-state index < -0.39 is 4.92 Å². The van der Waals surface area contributed by atoms with Gasteiger partial charge in [0.1, 0.15) is 6.33 Å². The highest BCUT2D eigenvalue weighted by Gasteiger charge is 2.15. The van der Waals surface area contributed by atoms with Crippen molar-refractivity contribution >= 4 is 34.6 Å². The van der Waals surface area contributed by atoms with Crippen LogP contribution in [0.1, 0.15) is 11.1 Å². The maximum absolute atomic E-state index is 12.5. The van der Waals surface area contributed by atoms with Gasteiger partial charge in [0.25, 0.3) is 11.2 Å². The lowest BCUT2D eigenvalue weighted by atomic mass is 10.2. The van der Waals surface area contributed by atoms with Crippen molar-refractivity contribution in [2.45, 2.75) is 16.7 Å². The first-order valence-corrected chi connectivity index (χ1v) is 9.86. The van der Waals surface area contributed by atoms with E-state index in [1.165, 1.54) is 30.4 Å². The first-order valence-electron chi connectivity index (χ1n) is 9.05. The van der Waals surface area contributed by atoms with Crippen LogP contribution in [0.5, 0.6) is 0 Å². The maximum Gasteiger partial charge on any atom is 0.283 e. The molecule has 0 unspecified atom stereocenters. The monoisotopic (exact) mass is 416 g/mol. The van der Waals surface area contributed by atoms with E-state index in [0.717, 1.165) is 15.1 Å². The number of benzene rings is 3. The van der Waals surface area contributed by atoms with Crippen molar-refractivity contribution in [3.63, 3.8) is 0 Å². The van der Waals surface area contributed by atoms with Crippen LogP contribution in [0.25, 0.3) is 10.9 Å².